The van der Waals surface area contributed by atoms with Crippen molar-refractivity contribution in [3.63, 3.8) is 0 Å². The average molecular weight is 206 g/mol. The fraction of sp³-hybridized carbons (Fsp3) is 0.417. The van der Waals surface area contributed by atoms with E-state index < -0.39 is 0 Å². The summed E-state index contributed by atoms with van der Waals surface area (Å²) in [4.78, 5) is 2.03. The zero-order valence-electron chi connectivity index (χ0n) is 9.07. The fourth-order valence-electron chi connectivity index (χ4n) is 1.60. The van der Waals surface area contributed by atoms with E-state index in [4.69, 9.17) is 5.26 Å². The highest BCUT2D eigenvalue weighted by Gasteiger charge is 2.16. The van der Waals surface area contributed by atoms with Crippen LogP contribution in [0.3, 0.4) is 0 Å². The van der Waals surface area contributed by atoms with Crippen molar-refractivity contribution in [2.24, 2.45) is 0 Å². The van der Waals surface area contributed by atoms with Crippen molar-refractivity contribution < 1.29 is 4.39 Å². The highest BCUT2D eigenvalue weighted by Crippen LogP contribution is 2.19. The first-order valence-electron chi connectivity index (χ1n) is 5.12. The number of nitrogens with zero attached hydrogens (tertiary/aromatic N) is 2. The first-order valence-corrected chi connectivity index (χ1v) is 5.12. The third-order valence-corrected chi connectivity index (χ3v) is 2.49. The number of benzene rings is 1. The first kappa shape index (κ1) is 11.7. The fourth-order valence-corrected chi connectivity index (χ4v) is 1.60. The van der Waals surface area contributed by atoms with Gasteiger partial charge in [-0.05, 0) is 30.8 Å². The Morgan fingerprint density at radius 1 is 1.27 bits per heavy atom. The SMILES string of the molecule is CCN(CC)[C@H](C#N)c1ccc(F)cc1. The van der Waals surface area contributed by atoms with E-state index in [9.17, 15) is 4.39 Å². The molecule has 15 heavy (non-hydrogen) atoms. The lowest BCUT2D eigenvalue weighted by Gasteiger charge is -2.24. The van der Waals surface area contributed by atoms with Gasteiger partial charge in [-0.25, -0.2) is 4.39 Å². The third kappa shape index (κ3) is 2.77. The molecule has 80 valence electrons. The Hall–Kier alpha value is -1.40. The van der Waals surface area contributed by atoms with Gasteiger partial charge in [-0.3, -0.25) is 4.90 Å². The zero-order valence-corrected chi connectivity index (χ0v) is 9.07. The Bertz CT molecular complexity index is 336. The van der Waals surface area contributed by atoms with Gasteiger partial charge in [0.05, 0.1) is 6.07 Å². The molecule has 0 aromatic heterocycles. The summed E-state index contributed by atoms with van der Waals surface area (Å²) in [7, 11) is 0. The smallest absolute Gasteiger partial charge is 0.123 e. The van der Waals surface area contributed by atoms with Crippen LogP contribution in [0.4, 0.5) is 4.39 Å². The summed E-state index contributed by atoms with van der Waals surface area (Å²) in [6.07, 6.45) is 0. The van der Waals surface area contributed by atoms with E-state index in [0.717, 1.165) is 18.7 Å². The summed E-state index contributed by atoms with van der Waals surface area (Å²) >= 11 is 0. The van der Waals surface area contributed by atoms with Crippen LogP contribution in [0.5, 0.6) is 0 Å². The van der Waals surface area contributed by atoms with Crippen molar-refractivity contribution >= 4 is 0 Å². The van der Waals surface area contributed by atoms with E-state index in [1.807, 2.05) is 18.7 Å². The van der Waals surface area contributed by atoms with Crippen LogP contribution in [-0.4, -0.2) is 18.0 Å². The molecule has 1 aromatic rings. The number of rotatable bonds is 4. The Labute approximate surface area is 89.9 Å². The van der Waals surface area contributed by atoms with Crippen molar-refractivity contribution in [3.8, 4) is 6.07 Å². The van der Waals surface area contributed by atoms with Gasteiger partial charge in [-0.1, -0.05) is 26.0 Å². The van der Waals surface area contributed by atoms with Gasteiger partial charge in [0, 0.05) is 0 Å². The van der Waals surface area contributed by atoms with Gasteiger partial charge in [0.2, 0.25) is 0 Å². The van der Waals surface area contributed by atoms with Gasteiger partial charge in [0.1, 0.15) is 11.9 Å². The summed E-state index contributed by atoms with van der Waals surface area (Å²) in [5.41, 5.74) is 0.850. The van der Waals surface area contributed by atoms with Gasteiger partial charge in [0.15, 0.2) is 0 Å². The van der Waals surface area contributed by atoms with Crippen LogP contribution in [-0.2, 0) is 0 Å². The minimum absolute atomic E-state index is 0.269. The lowest BCUT2D eigenvalue weighted by Crippen LogP contribution is -2.27. The third-order valence-electron chi connectivity index (χ3n) is 2.49. The second kappa shape index (κ2) is 5.47. The minimum atomic E-state index is -0.277. The molecule has 1 atom stereocenters. The standard InChI is InChI=1S/C12H15FN2/c1-3-15(4-2)12(9-14)10-5-7-11(13)8-6-10/h5-8,12H,3-4H2,1-2H3/t12-/m1/s1. The van der Waals surface area contributed by atoms with Crippen molar-refractivity contribution in [1.29, 1.82) is 5.26 Å². The molecule has 0 aliphatic carbocycles. The molecule has 2 nitrogen and oxygen atoms in total. The van der Waals surface area contributed by atoms with Crippen LogP contribution in [0, 0.1) is 17.1 Å². The van der Waals surface area contributed by atoms with E-state index in [0.29, 0.717) is 0 Å². The van der Waals surface area contributed by atoms with Crippen molar-refractivity contribution in [3.05, 3.63) is 35.6 Å². The van der Waals surface area contributed by atoms with Crippen LogP contribution in [0.1, 0.15) is 25.5 Å². The van der Waals surface area contributed by atoms with Crippen molar-refractivity contribution in [2.75, 3.05) is 13.1 Å². The predicted molar refractivity (Wildman–Crippen MR) is 57.7 cm³/mol. The van der Waals surface area contributed by atoms with Gasteiger partial charge >= 0.3 is 0 Å². The Morgan fingerprint density at radius 3 is 2.20 bits per heavy atom. The lowest BCUT2D eigenvalue weighted by atomic mass is 10.1. The number of hydrogen-bond donors (Lipinski definition) is 0. The van der Waals surface area contributed by atoms with Crippen molar-refractivity contribution in [2.45, 2.75) is 19.9 Å². The quantitative estimate of drug-likeness (QED) is 0.757. The molecular weight excluding hydrogens is 191 g/mol. The van der Waals surface area contributed by atoms with Gasteiger partial charge in [-0.15, -0.1) is 0 Å². The van der Waals surface area contributed by atoms with Gasteiger partial charge in [0.25, 0.3) is 0 Å². The minimum Gasteiger partial charge on any atom is -0.285 e. The second-order valence-corrected chi connectivity index (χ2v) is 3.30. The van der Waals surface area contributed by atoms with E-state index >= 15 is 0 Å². The molecule has 0 N–H and O–H groups in total. The zero-order chi connectivity index (χ0) is 11.3. The average Bonchev–Trinajstić information content (AvgIpc) is 2.27. The van der Waals surface area contributed by atoms with E-state index in [2.05, 4.69) is 6.07 Å². The highest BCUT2D eigenvalue weighted by atomic mass is 19.1. The lowest BCUT2D eigenvalue weighted by molar-refractivity contribution is 0.262. The maximum absolute atomic E-state index is 12.7. The van der Waals surface area contributed by atoms with Gasteiger partial charge < -0.3 is 0 Å². The maximum Gasteiger partial charge on any atom is 0.123 e. The molecule has 1 rings (SSSR count). The maximum atomic E-state index is 12.7. The molecule has 0 radical (unpaired) electrons. The molecule has 0 saturated carbocycles. The summed E-state index contributed by atoms with van der Waals surface area (Å²) in [5, 5.41) is 9.10. The van der Waals surface area contributed by atoms with E-state index in [-0.39, 0.29) is 11.9 Å². The van der Waals surface area contributed by atoms with Crippen LogP contribution in [0.25, 0.3) is 0 Å². The normalized spacial score (nSPS) is 12.5. The van der Waals surface area contributed by atoms with E-state index in [1.165, 1.54) is 12.1 Å². The monoisotopic (exact) mass is 206 g/mol. The molecule has 0 aliphatic heterocycles. The highest BCUT2D eigenvalue weighted by molar-refractivity contribution is 5.24. The molecule has 1 aromatic carbocycles. The summed E-state index contributed by atoms with van der Waals surface area (Å²) < 4.78 is 12.7. The van der Waals surface area contributed by atoms with E-state index in [1.54, 1.807) is 12.1 Å². The molecule has 0 heterocycles. The predicted octanol–water partition coefficient (Wildman–Crippen LogP) is 2.73. The molecule has 0 saturated heterocycles. The topological polar surface area (TPSA) is 27.0 Å². The second-order valence-electron chi connectivity index (χ2n) is 3.30. The molecular formula is C12H15FN2. The summed E-state index contributed by atoms with van der Waals surface area (Å²) in [6.45, 7) is 5.65. The Morgan fingerprint density at radius 2 is 1.80 bits per heavy atom. The number of hydrogen-bond acceptors (Lipinski definition) is 2. The molecule has 0 spiro atoms. The van der Waals surface area contributed by atoms with Crippen LogP contribution in [0.15, 0.2) is 24.3 Å². The number of nitriles is 1. The molecule has 0 aliphatic rings. The van der Waals surface area contributed by atoms with Crippen LogP contribution < -0.4 is 0 Å². The molecule has 3 heteroatoms. The molecule has 0 amide bonds. The largest absolute Gasteiger partial charge is 0.285 e. The summed E-state index contributed by atoms with van der Waals surface area (Å²) in [6, 6.07) is 8.09. The molecule has 0 bridgehead atoms. The van der Waals surface area contributed by atoms with Gasteiger partial charge in [-0.2, -0.15) is 5.26 Å². The molecule has 0 fully saturated rings. The first-order chi connectivity index (χ1) is 7.22. The summed E-state index contributed by atoms with van der Waals surface area (Å²) in [5.74, 6) is -0.269. The van der Waals surface area contributed by atoms with Crippen LogP contribution in [0.2, 0.25) is 0 Å². The van der Waals surface area contributed by atoms with Crippen LogP contribution >= 0.6 is 0 Å². The Kier molecular flexibility index (Phi) is 4.26. The number of halogens is 1. The van der Waals surface area contributed by atoms with Crippen molar-refractivity contribution in [1.82, 2.24) is 4.90 Å². The Balaban J connectivity index is 2.92. The molecule has 0 unspecified atom stereocenters.